The molecule has 0 aromatic carbocycles. The lowest BCUT2D eigenvalue weighted by atomic mass is 10.00. The van der Waals surface area contributed by atoms with Crippen molar-refractivity contribution < 1.29 is 9.52 Å². The van der Waals surface area contributed by atoms with Gasteiger partial charge in [-0.15, -0.1) is 0 Å². The normalized spacial score (nSPS) is 16.1. The van der Waals surface area contributed by atoms with Gasteiger partial charge in [0.1, 0.15) is 11.6 Å². The molecule has 1 aliphatic rings. The molecule has 0 atom stereocenters. The summed E-state index contributed by atoms with van der Waals surface area (Å²) in [5.41, 5.74) is 0.891. The van der Waals surface area contributed by atoms with Gasteiger partial charge in [0.05, 0.1) is 17.4 Å². The van der Waals surface area contributed by atoms with Crippen LogP contribution in [0, 0.1) is 6.92 Å². The number of aromatic nitrogens is 2. The topological polar surface area (TPSA) is 79.1 Å². The first kappa shape index (κ1) is 12.0. The van der Waals surface area contributed by atoms with Gasteiger partial charge < -0.3 is 14.5 Å². The van der Waals surface area contributed by atoms with Crippen molar-refractivity contribution in [3.05, 3.63) is 34.0 Å². The average Bonchev–Trinajstić information content (AvgIpc) is 2.99. The molecule has 2 aromatic heterocycles. The molecule has 0 unspecified atom stereocenters. The molecule has 2 N–H and O–H groups in total. The molecule has 19 heavy (non-hydrogen) atoms. The summed E-state index contributed by atoms with van der Waals surface area (Å²) in [6.45, 7) is 1.79. The fraction of sp³-hybridized carbons (Fsp3) is 0.429. The third-order valence-electron chi connectivity index (χ3n) is 3.81. The molecular formula is C14H16N2O3. The van der Waals surface area contributed by atoms with Crippen molar-refractivity contribution in [3.8, 4) is 17.3 Å². The Morgan fingerprint density at radius 1 is 1.42 bits per heavy atom. The summed E-state index contributed by atoms with van der Waals surface area (Å²) < 4.78 is 5.19. The highest BCUT2D eigenvalue weighted by molar-refractivity contribution is 5.57. The van der Waals surface area contributed by atoms with E-state index in [1.807, 2.05) is 0 Å². The van der Waals surface area contributed by atoms with Gasteiger partial charge in [0.2, 0.25) is 5.88 Å². The van der Waals surface area contributed by atoms with Crippen LogP contribution in [0.5, 0.6) is 5.88 Å². The quantitative estimate of drug-likeness (QED) is 0.870. The molecule has 5 nitrogen and oxygen atoms in total. The number of hydrogen-bond donors (Lipinski definition) is 2. The predicted octanol–water partition coefficient (Wildman–Crippen LogP) is 2.70. The second kappa shape index (κ2) is 4.57. The molecule has 5 heteroatoms. The molecule has 0 bridgehead atoms. The van der Waals surface area contributed by atoms with E-state index in [0.717, 1.165) is 25.7 Å². The lowest BCUT2D eigenvalue weighted by molar-refractivity contribution is 0.436. The van der Waals surface area contributed by atoms with E-state index >= 15 is 0 Å². The molecule has 0 aliphatic heterocycles. The zero-order valence-corrected chi connectivity index (χ0v) is 10.8. The summed E-state index contributed by atoms with van der Waals surface area (Å²) in [6, 6.07) is 1.72. The molecule has 0 radical (unpaired) electrons. The molecule has 3 rings (SSSR count). The van der Waals surface area contributed by atoms with Crippen LogP contribution in [0.3, 0.4) is 0 Å². The zero-order chi connectivity index (χ0) is 13.4. The van der Waals surface area contributed by atoms with E-state index in [1.54, 1.807) is 13.0 Å². The number of nitrogens with zero attached hydrogens (tertiary/aromatic N) is 1. The molecule has 1 saturated carbocycles. The van der Waals surface area contributed by atoms with Crippen LogP contribution in [-0.4, -0.2) is 15.1 Å². The molecule has 2 heterocycles. The van der Waals surface area contributed by atoms with E-state index in [2.05, 4.69) is 9.97 Å². The SMILES string of the molecule is Cc1occc1-c1nc(O)c(C2CCCC2)c(=O)[nH]1. The number of H-pyrrole nitrogens is 1. The number of hydrogen-bond acceptors (Lipinski definition) is 4. The third-order valence-corrected chi connectivity index (χ3v) is 3.81. The number of aryl methyl sites for hydroxylation is 1. The Labute approximate surface area is 110 Å². The van der Waals surface area contributed by atoms with Gasteiger partial charge in [-0.1, -0.05) is 12.8 Å². The molecule has 100 valence electrons. The fourth-order valence-corrected chi connectivity index (χ4v) is 2.81. The molecule has 0 spiro atoms. The zero-order valence-electron chi connectivity index (χ0n) is 10.8. The first-order valence-electron chi connectivity index (χ1n) is 6.54. The van der Waals surface area contributed by atoms with Gasteiger partial charge in [-0.25, -0.2) is 0 Å². The second-order valence-electron chi connectivity index (χ2n) is 5.02. The van der Waals surface area contributed by atoms with Gasteiger partial charge in [-0.05, 0) is 31.7 Å². The molecule has 0 amide bonds. The minimum absolute atomic E-state index is 0.135. The van der Waals surface area contributed by atoms with Gasteiger partial charge in [-0.3, -0.25) is 4.79 Å². The van der Waals surface area contributed by atoms with Crippen molar-refractivity contribution >= 4 is 0 Å². The lowest BCUT2D eigenvalue weighted by Crippen LogP contribution is -2.17. The summed E-state index contributed by atoms with van der Waals surface area (Å²) in [5, 5.41) is 10.1. The number of aromatic hydroxyl groups is 1. The van der Waals surface area contributed by atoms with Gasteiger partial charge in [0, 0.05) is 0 Å². The first-order valence-corrected chi connectivity index (χ1v) is 6.54. The molecule has 2 aromatic rings. The Balaban J connectivity index is 2.07. The Hall–Kier alpha value is -2.04. The highest BCUT2D eigenvalue weighted by Crippen LogP contribution is 2.36. The second-order valence-corrected chi connectivity index (χ2v) is 5.02. The number of rotatable bonds is 2. The van der Waals surface area contributed by atoms with Crippen molar-refractivity contribution in [3.63, 3.8) is 0 Å². The Bertz CT molecular complexity index is 651. The predicted molar refractivity (Wildman–Crippen MR) is 70.2 cm³/mol. The summed E-state index contributed by atoms with van der Waals surface area (Å²) in [4.78, 5) is 19.0. The molecular weight excluding hydrogens is 244 g/mol. The Morgan fingerprint density at radius 3 is 2.74 bits per heavy atom. The van der Waals surface area contributed by atoms with Crippen molar-refractivity contribution in [2.75, 3.05) is 0 Å². The number of furan rings is 1. The summed E-state index contributed by atoms with van der Waals surface area (Å²) in [7, 11) is 0. The summed E-state index contributed by atoms with van der Waals surface area (Å²) >= 11 is 0. The van der Waals surface area contributed by atoms with Crippen LogP contribution in [0.1, 0.15) is 42.9 Å². The van der Waals surface area contributed by atoms with Crippen molar-refractivity contribution in [2.24, 2.45) is 0 Å². The van der Waals surface area contributed by atoms with Gasteiger partial charge in [-0.2, -0.15) is 4.98 Å². The van der Waals surface area contributed by atoms with Crippen LogP contribution >= 0.6 is 0 Å². The van der Waals surface area contributed by atoms with E-state index in [-0.39, 0.29) is 17.4 Å². The fourth-order valence-electron chi connectivity index (χ4n) is 2.81. The smallest absolute Gasteiger partial charge is 0.258 e. The number of nitrogens with one attached hydrogen (secondary N) is 1. The summed E-state index contributed by atoms with van der Waals surface area (Å²) in [6.07, 6.45) is 5.63. The van der Waals surface area contributed by atoms with Crippen molar-refractivity contribution in [2.45, 2.75) is 38.5 Å². The van der Waals surface area contributed by atoms with Gasteiger partial charge in [0.25, 0.3) is 5.56 Å². The van der Waals surface area contributed by atoms with Crippen molar-refractivity contribution in [1.29, 1.82) is 0 Å². The van der Waals surface area contributed by atoms with E-state index in [0.29, 0.717) is 22.7 Å². The minimum Gasteiger partial charge on any atom is -0.493 e. The standard InChI is InChI=1S/C14H16N2O3/c1-8-10(6-7-19-8)12-15-13(17)11(14(18)16-12)9-4-2-3-5-9/h6-7,9H,2-5H2,1H3,(H2,15,16,17,18). The van der Waals surface area contributed by atoms with E-state index in [9.17, 15) is 9.90 Å². The summed E-state index contributed by atoms with van der Waals surface area (Å²) in [5.74, 6) is 1.01. The first-order chi connectivity index (χ1) is 9.16. The van der Waals surface area contributed by atoms with E-state index in [4.69, 9.17) is 4.42 Å². The van der Waals surface area contributed by atoms with Crippen molar-refractivity contribution in [1.82, 2.24) is 9.97 Å². The van der Waals surface area contributed by atoms with E-state index in [1.165, 1.54) is 6.26 Å². The Morgan fingerprint density at radius 2 is 2.16 bits per heavy atom. The van der Waals surface area contributed by atoms with Crippen LogP contribution in [-0.2, 0) is 0 Å². The average molecular weight is 260 g/mol. The largest absolute Gasteiger partial charge is 0.493 e. The highest BCUT2D eigenvalue weighted by Gasteiger charge is 2.25. The minimum atomic E-state index is -0.241. The maximum absolute atomic E-state index is 12.2. The lowest BCUT2D eigenvalue weighted by Gasteiger charge is -2.10. The van der Waals surface area contributed by atoms with Gasteiger partial charge >= 0.3 is 0 Å². The maximum Gasteiger partial charge on any atom is 0.258 e. The third kappa shape index (κ3) is 2.05. The Kier molecular flexibility index (Phi) is 2.89. The van der Waals surface area contributed by atoms with Crippen LogP contribution in [0.25, 0.3) is 11.4 Å². The maximum atomic E-state index is 12.2. The van der Waals surface area contributed by atoms with Gasteiger partial charge in [0.15, 0.2) is 0 Å². The van der Waals surface area contributed by atoms with Crippen LogP contribution in [0.15, 0.2) is 21.5 Å². The van der Waals surface area contributed by atoms with Crippen LogP contribution < -0.4 is 5.56 Å². The van der Waals surface area contributed by atoms with Crippen LogP contribution in [0.4, 0.5) is 0 Å². The van der Waals surface area contributed by atoms with Crippen LogP contribution in [0.2, 0.25) is 0 Å². The molecule has 0 saturated heterocycles. The number of aromatic amines is 1. The monoisotopic (exact) mass is 260 g/mol. The molecule has 1 aliphatic carbocycles. The van der Waals surface area contributed by atoms with E-state index < -0.39 is 0 Å². The highest BCUT2D eigenvalue weighted by atomic mass is 16.3. The molecule has 1 fully saturated rings.